The molecule has 310 valence electrons. The van der Waals surface area contributed by atoms with Crippen molar-refractivity contribution in [3.63, 3.8) is 0 Å². The average Bonchev–Trinajstić information content (AvgIpc) is 3.87. The largest absolute Gasteiger partial charge is 0.310 e. The monoisotopic (exact) mass is 833 g/mol. The van der Waals surface area contributed by atoms with E-state index in [1.807, 2.05) is 6.08 Å². The smallest absolute Gasteiger partial charge is 0.0782 e. The molecule has 0 bridgehead atoms. The predicted molar refractivity (Wildman–Crippen MR) is 275 cm³/mol. The minimum Gasteiger partial charge on any atom is -0.310 e. The first kappa shape index (κ1) is 39.4. The molecule has 0 amide bonds. The number of nitrogens with zero attached hydrogens (tertiary/aromatic N) is 3. The second kappa shape index (κ2) is 16.7. The van der Waals surface area contributed by atoms with Gasteiger partial charge in [-0.25, -0.2) is 0 Å². The number of fused-ring (bicyclic) bond motifs is 6. The van der Waals surface area contributed by atoms with Crippen molar-refractivity contribution in [2.75, 3.05) is 9.80 Å². The van der Waals surface area contributed by atoms with E-state index in [9.17, 15) is 0 Å². The van der Waals surface area contributed by atoms with Crippen molar-refractivity contribution in [1.29, 1.82) is 0 Å². The molecule has 0 spiro atoms. The van der Waals surface area contributed by atoms with E-state index in [-0.39, 0.29) is 0 Å². The Labute approximate surface area is 381 Å². The SMILES string of the molecule is C=C/C(=C\C=C/C)n1c2ccc(N(c3ccccc3)c3ccccc3)cc2c2cccc(N(c3ccccc3)c3cccc(C4(c5ccccc5)c5ccccc5-c5ccccc54)c3)c21. The fraction of sp³-hybridized carbons (Fsp3) is 0.0323. The lowest BCUT2D eigenvalue weighted by atomic mass is 9.67. The Balaban J connectivity index is 1.19. The molecule has 0 saturated heterocycles. The summed E-state index contributed by atoms with van der Waals surface area (Å²) in [5.74, 6) is 0. The third kappa shape index (κ3) is 6.51. The second-order valence-corrected chi connectivity index (χ2v) is 16.5. The third-order valence-corrected chi connectivity index (χ3v) is 12.9. The van der Waals surface area contributed by atoms with Gasteiger partial charge >= 0.3 is 0 Å². The highest BCUT2D eigenvalue weighted by Gasteiger charge is 2.46. The summed E-state index contributed by atoms with van der Waals surface area (Å²) in [6, 6.07) is 83.8. The molecule has 9 aromatic carbocycles. The van der Waals surface area contributed by atoms with Gasteiger partial charge < -0.3 is 14.4 Å². The highest BCUT2D eigenvalue weighted by molar-refractivity contribution is 6.16. The summed E-state index contributed by atoms with van der Waals surface area (Å²) >= 11 is 0. The van der Waals surface area contributed by atoms with Crippen LogP contribution in [-0.2, 0) is 5.41 Å². The van der Waals surface area contributed by atoms with Crippen molar-refractivity contribution >= 4 is 61.6 Å². The first-order valence-electron chi connectivity index (χ1n) is 22.3. The molecule has 0 saturated carbocycles. The maximum absolute atomic E-state index is 4.38. The number of rotatable bonds is 11. The van der Waals surface area contributed by atoms with Crippen LogP contribution in [0, 0.1) is 0 Å². The van der Waals surface area contributed by atoms with Crippen LogP contribution >= 0.6 is 0 Å². The van der Waals surface area contributed by atoms with Gasteiger partial charge in [0.1, 0.15) is 0 Å². The summed E-state index contributed by atoms with van der Waals surface area (Å²) in [6.45, 7) is 6.44. The highest BCUT2D eigenvalue weighted by Crippen LogP contribution is 2.57. The number of allylic oxidation sites excluding steroid dienone is 5. The molecule has 65 heavy (non-hydrogen) atoms. The Morgan fingerprint density at radius 1 is 0.462 bits per heavy atom. The van der Waals surface area contributed by atoms with E-state index in [2.05, 4.69) is 277 Å². The van der Waals surface area contributed by atoms with Crippen molar-refractivity contribution in [1.82, 2.24) is 4.57 Å². The van der Waals surface area contributed by atoms with Gasteiger partial charge in [-0.15, -0.1) is 0 Å². The first-order chi connectivity index (χ1) is 32.2. The number of anilines is 6. The molecule has 1 aliphatic carbocycles. The lowest BCUT2D eigenvalue weighted by Gasteiger charge is -2.35. The predicted octanol–water partition coefficient (Wildman–Crippen LogP) is 16.7. The molecule has 10 aromatic rings. The number of hydrogen-bond acceptors (Lipinski definition) is 2. The van der Waals surface area contributed by atoms with E-state index >= 15 is 0 Å². The molecule has 3 nitrogen and oxygen atoms in total. The van der Waals surface area contributed by atoms with Gasteiger partial charge in [-0.3, -0.25) is 0 Å². The average molecular weight is 834 g/mol. The van der Waals surface area contributed by atoms with E-state index in [0.717, 1.165) is 61.6 Å². The quantitative estimate of drug-likeness (QED) is 0.120. The zero-order valence-electron chi connectivity index (χ0n) is 36.3. The van der Waals surface area contributed by atoms with Crippen LogP contribution in [-0.4, -0.2) is 4.57 Å². The van der Waals surface area contributed by atoms with Crippen LogP contribution < -0.4 is 9.80 Å². The number of para-hydroxylation sites is 4. The fourth-order valence-electron chi connectivity index (χ4n) is 10.3. The van der Waals surface area contributed by atoms with Gasteiger partial charge in [-0.2, -0.15) is 0 Å². The summed E-state index contributed by atoms with van der Waals surface area (Å²) in [5.41, 5.74) is 16.6. The normalized spacial score (nSPS) is 12.9. The Hall–Kier alpha value is -8.40. The van der Waals surface area contributed by atoms with Crippen LogP contribution in [0.15, 0.2) is 261 Å². The molecule has 1 aliphatic rings. The number of aromatic nitrogens is 1. The highest BCUT2D eigenvalue weighted by atomic mass is 15.2. The molecular formula is C62H47N3. The summed E-state index contributed by atoms with van der Waals surface area (Å²) in [7, 11) is 0. The molecule has 11 rings (SSSR count). The van der Waals surface area contributed by atoms with Gasteiger partial charge in [-0.05, 0) is 125 Å². The van der Waals surface area contributed by atoms with E-state index in [4.69, 9.17) is 0 Å². The van der Waals surface area contributed by atoms with Gasteiger partial charge in [0.05, 0.1) is 22.1 Å². The lowest BCUT2D eigenvalue weighted by Crippen LogP contribution is -2.28. The van der Waals surface area contributed by atoms with Crippen molar-refractivity contribution in [3.05, 3.63) is 284 Å². The van der Waals surface area contributed by atoms with Crippen molar-refractivity contribution in [2.45, 2.75) is 12.3 Å². The van der Waals surface area contributed by atoms with E-state index in [1.165, 1.54) is 33.4 Å². The number of hydrogen-bond donors (Lipinski definition) is 0. The number of benzene rings is 9. The lowest BCUT2D eigenvalue weighted by molar-refractivity contribution is 0.768. The van der Waals surface area contributed by atoms with Gasteiger partial charge in [0.15, 0.2) is 0 Å². The van der Waals surface area contributed by atoms with E-state index in [1.54, 1.807) is 0 Å². The van der Waals surface area contributed by atoms with Gasteiger partial charge in [-0.1, -0.05) is 176 Å². The zero-order chi connectivity index (χ0) is 43.7. The summed E-state index contributed by atoms with van der Waals surface area (Å²) in [6.07, 6.45) is 8.29. The Morgan fingerprint density at radius 3 is 1.57 bits per heavy atom. The Kier molecular flexibility index (Phi) is 10.1. The van der Waals surface area contributed by atoms with E-state index < -0.39 is 5.41 Å². The molecule has 0 radical (unpaired) electrons. The van der Waals surface area contributed by atoms with Crippen LogP contribution in [0.4, 0.5) is 34.1 Å². The van der Waals surface area contributed by atoms with Gasteiger partial charge in [0.2, 0.25) is 0 Å². The van der Waals surface area contributed by atoms with E-state index in [0.29, 0.717) is 0 Å². The molecule has 0 aliphatic heterocycles. The van der Waals surface area contributed by atoms with Crippen LogP contribution in [0.1, 0.15) is 29.2 Å². The minimum atomic E-state index is -0.543. The minimum absolute atomic E-state index is 0.543. The van der Waals surface area contributed by atoms with Crippen molar-refractivity contribution in [3.8, 4) is 11.1 Å². The maximum Gasteiger partial charge on any atom is 0.0782 e. The molecule has 0 N–H and O–H groups in total. The topological polar surface area (TPSA) is 11.4 Å². The second-order valence-electron chi connectivity index (χ2n) is 16.5. The summed E-state index contributed by atoms with van der Waals surface area (Å²) in [5, 5.41) is 2.29. The molecular weight excluding hydrogens is 787 g/mol. The maximum atomic E-state index is 4.38. The molecule has 1 heterocycles. The van der Waals surface area contributed by atoms with Crippen LogP contribution in [0.25, 0.3) is 38.6 Å². The molecule has 3 heteroatoms. The first-order valence-corrected chi connectivity index (χ1v) is 22.3. The summed E-state index contributed by atoms with van der Waals surface area (Å²) in [4.78, 5) is 4.77. The van der Waals surface area contributed by atoms with Crippen LogP contribution in [0.2, 0.25) is 0 Å². The van der Waals surface area contributed by atoms with Crippen molar-refractivity contribution in [2.24, 2.45) is 0 Å². The van der Waals surface area contributed by atoms with Gasteiger partial charge in [0.25, 0.3) is 0 Å². The van der Waals surface area contributed by atoms with Crippen molar-refractivity contribution < 1.29 is 0 Å². The fourth-order valence-corrected chi connectivity index (χ4v) is 10.3. The van der Waals surface area contributed by atoms with Gasteiger partial charge in [0, 0.05) is 44.9 Å². The van der Waals surface area contributed by atoms with Crippen LogP contribution in [0.5, 0.6) is 0 Å². The molecule has 1 aromatic heterocycles. The molecule has 0 fully saturated rings. The summed E-state index contributed by atoms with van der Waals surface area (Å²) < 4.78 is 2.39. The molecule has 0 atom stereocenters. The third-order valence-electron chi connectivity index (χ3n) is 12.9. The Bertz CT molecular complexity index is 3310. The van der Waals surface area contributed by atoms with Crippen LogP contribution in [0.3, 0.4) is 0 Å². The Morgan fingerprint density at radius 2 is 0.969 bits per heavy atom. The zero-order valence-corrected chi connectivity index (χ0v) is 36.3. The molecule has 0 unspecified atom stereocenters. The standard InChI is InChI=1S/C62H47N3/c1-3-5-27-47(4-2)65-59-42-41-52(63(48-28-12-7-13-29-48)49-30-14-8-15-31-49)44-56(59)55-37-23-40-60(61(55)65)64(50-32-16-9-17-33-50)51-34-22-26-46(43-51)62(45-24-10-6-11-25-45)57-38-20-18-35-53(57)54-36-19-21-39-58(54)62/h3-44H,2H2,1H3/b5-3-,47-27+.